The van der Waals surface area contributed by atoms with Gasteiger partial charge in [0.05, 0.1) is 12.7 Å². The van der Waals surface area contributed by atoms with Gasteiger partial charge in [0.15, 0.2) is 0 Å². The van der Waals surface area contributed by atoms with E-state index in [1.54, 1.807) is 7.11 Å². The minimum Gasteiger partial charge on any atom is -0.389 e. The number of hydrogen-bond acceptors (Lipinski definition) is 4. The van der Waals surface area contributed by atoms with Crippen LogP contribution < -0.4 is 5.32 Å². The van der Waals surface area contributed by atoms with Crippen LogP contribution in [0.1, 0.15) is 24.0 Å². The summed E-state index contributed by atoms with van der Waals surface area (Å²) in [6.07, 6.45) is 1.92. The van der Waals surface area contributed by atoms with Gasteiger partial charge in [-0.2, -0.15) is 0 Å². The Morgan fingerprint density at radius 2 is 2.05 bits per heavy atom. The zero-order valence-electron chi connectivity index (χ0n) is 13.2. The largest absolute Gasteiger partial charge is 0.389 e. The van der Waals surface area contributed by atoms with Crippen LogP contribution in [0.2, 0.25) is 0 Å². The van der Waals surface area contributed by atoms with Gasteiger partial charge in [0.2, 0.25) is 0 Å². The highest BCUT2D eigenvalue weighted by Gasteiger charge is 2.20. The predicted molar refractivity (Wildman–Crippen MR) is 85.4 cm³/mol. The standard InChI is InChI=1S/C17H28N2O2/c1-14-5-3-4-6-15(14)11-18-16-7-9-19(10-8-16)12-17(20)13-21-2/h3-6,16-18,20H,7-13H2,1-2H3. The first-order valence-corrected chi connectivity index (χ1v) is 7.86. The third-order valence-electron chi connectivity index (χ3n) is 4.26. The molecule has 4 heteroatoms. The quantitative estimate of drug-likeness (QED) is 0.800. The lowest BCUT2D eigenvalue weighted by molar-refractivity contribution is 0.0310. The summed E-state index contributed by atoms with van der Waals surface area (Å²) in [5.41, 5.74) is 2.74. The Hall–Kier alpha value is -0.940. The summed E-state index contributed by atoms with van der Waals surface area (Å²) in [6, 6.07) is 9.13. The molecule has 0 aromatic heterocycles. The van der Waals surface area contributed by atoms with Gasteiger partial charge in [-0.1, -0.05) is 24.3 Å². The lowest BCUT2D eigenvalue weighted by Gasteiger charge is -2.33. The molecule has 2 N–H and O–H groups in total. The van der Waals surface area contributed by atoms with Crippen molar-refractivity contribution in [2.45, 2.75) is 38.5 Å². The van der Waals surface area contributed by atoms with Crippen molar-refractivity contribution in [3.63, 3.8) is 0 Å². The fraction of sp³-hybridized carbons (Fsp3) is 0.647. The smallest absolute Gasteiger partial charge is 0.0900 e. The first-order chi connectivity index (χ1) is 10.2. The van der Waals surface area contributed by atoms with Crippen LogP contribution in [-0.2, 0) is 11.3 Å². The van der Waals surface area contributed by atoms with Crippen LogP contribution in [0, 0.1) is 6.92 Å². The van der Waals surface area contributed by atoms with Crippen LogP contribution in [0.15, 0.2) is 24.3 Å². The van der Waals surface area contributed by atoms with E-state index in [0.29, 0.717) is 12.6 Å². The minimum absolute atomic E-state index is 0.369. The van der Waals surface area contributed by atoms with E-state index in [-0.39, 0.29) is 6.10 Å². The van der Waals surface area contributed by atoms with Crippen LogP contribution >= 0.6 is 0 Å². The Labute approximate surface area is 128 Å². The van der Waals surface area contributed by atoms with Crippen molar-refractivity contribution in [3.05, 3.63) is 35.4 Å². The molecule has 1 aliphatic heterocycles. The molecule has 0 bridgehead atoms. The Balaban J connectivity index is 1.68. The van der Waals surface area contributed by atoms with Crippen molar-refractivity contribution < 1.29 is 9.84 Å². The summed E-state index contributed by atoms with van der Waals surface area (Å²) in [7, 11) is 1.63. The van der Waals surface area contributed by atoms with Gasteiger partial charge < -0.3 is 20.1 Å². The molecule has 1 unspecified atom stereocenters. The summed E-state index contributed by atoms with van der Waals surface area (Å²) in [6.45, 7) is 6.35. The van der Waals surface area contributed by atoms with Gasteiger partial charge in [0, 0.05) is 26.2 Å². The second kappa shape index (κ2) is 8.49. The van der Waals surface area contributed by atoms with Crippen molar-refractivity contribution in [2.24, 2.45) is 0 Å². The number of piperidine rings is 1. The molecule has 1 heterocycles. The topological polar surface area (TPSA) is 44.7 Å². The molecular weight excluding hydrogens is 264 g/mol. The summed E-state index contributed by atoms with van der Waals surface area (Å²) >= 11 is 0. The van der Waals surface area contributed by atoms with E-state index < -0.39 is 0 Å². The van der Waals surface area contributed by atoms with Gasteiger partial charge in [0.1, 0.15) is 0 Å². The zero-order chi connectivity index (χ0) is 15.1. The van der Waals surface area contributed by atoms with Gasteiger partial charge in [-0.25, -0.2) is 0 Å². The van der Waals surface area contributed by atoms with Gasteiger partial charge >= 0.3 is 0 Å². The van der Waals surface area contributed by atoms with Gasteiger partial charge in [0.25, 0.3) is 0 Å². The Morgan fingerprint density at radius 3 is 2.71 bits per heavy atom. The number of aliphatic hydroxyl groups is 1. The molecule has 0 aliphatic carbocycles. The first kappa shape index (κ1) is 16.4. The van der Waals surface area contributed by atoms with E-state index in [1.165, 1.54) is 11.1 Å². The fourth-order valence-corrected chi connectivity index (χ4v) is 2.93. The first-order valence-electron chi connectivity index (χ1n) is 7.86. The third kappa shape index (κ3) is 5.40. The average Bonchev–Trinajstić information content (AvgIpc) is 2.48. The normalized spacial score (nSPS) is 18.8. The highest BCUT2D eigenvalue weighted by atomic mass is 16.5. The molecule has 1 fully saturated rings. The number of aryl methyl sites for hydroxylation is 1. The maximum absolute atomic E-state index is 9.77. The molecule has 1 atom stereocenters. The molecule has 4 nitrogen and oxygen atoms in total. The van der Waals surface area contributed by atoms with E-state index in [0.717, 1.165) is 39.0 Å². The van der Waals surface area contributed by atoms with Crippen LogP contribution in [0.4, 0.5) is 0 Å². The van der Waals surface area contributed by atoms with Crippen molar-refractivity contribution in [2.75, 3.05) is 33.4 Å². The van der Waals surface area contributed by atoms with Crippen molar-refractivity contribution in [1.82, 2.24) is 10.2 Å². The molecule has 1 aromatic carbocycles. The van der Waals surface area contributed by atoms with E-state index in [2.05, 4.69) is 41.4 Å². The van der Waals surface area contributed by atoms with Crippen molar-refractivity contribution in [3.8, 4) is 0 Å². The Kier molecular flexibility index (Phi) is 6.64. The van der Waals surface area contributed by atoms with Crippen LogP contribution in [0.3, 0.4) is 0 Å². The van der Waals surface area contributed by atoms with Crippen molar-refractivity contribution >= 4 is 0 Å². The molecule has 0 radical (unpaired) electrons. The lowest BCUT2D eigenvalue weighted by atomic mass is 10.0. The molecule has 0 amide bonds. The molecule has 21 heavy (non-hydrogen) atoms. The van der Waals surface area contributed by atoms with Gasteiger partial charge in [-0.3, -0.25) is 0 Å². The minimum atomic E-state index is -0.369. The van der Waals surface area contributed by atoms with Crippen LogP contribution in [0.5, 0.6) is 0 Å². The second-order valence-electron chi connectivity index (χ2n) is 5.99. The van der Waals surface area contributed by atoms with E-state index in [9.17, 15) is 5.11 Å². The number of nitrogens with zero attached hydrogens (tertiary/aromatic N) is 1. The molecule has 1 saturated heterocycles. The predicted octanol–water partition coefficient (Wildman–Crippen LogP) is 1.56. The molecule has 118 valence electrons. The monoisotopic (exact) mass is 292 g/mol. The SMILES string of the molecule is COCC(O)CN1CCC(NCc2ccccc2C)CC1. The molecule has 1 aliphatic rings. The summed E-state index contributed by atoms with van der Waals surface area (Å²) in [5.74, 6) is 0. The number of ether oxygens (including phenoxy) is 1. The van der Waals surface area contributed by atoms with Crippen molar-refractivity contribution in [1.29, 1.82) is 0 Å². The van der Waals surface area contributed by atoms with Gasteiger partial charge in [-0.15, -0.1) is 0 Å². The van der Waals surface area contributed by atoms with E-state index in [4.69, 9.17) is 4.74 Å². The third-order valence-corrected chi connectivity index (χ3v) is 4.26. The second-order valence-corrected chi connectivity index (χ2v) is 5.99. The number of rotatable bonds is 7. The zero-order valence-corrected chi connectivity index (χ0v) is 13.2. The van der Waals surface area contributed by atoms with Gasteiger partial charge in [-0.05, 0) is 44.0 Å². The Morgan fingerprint density at radius 1 is 1.33 bits per heavy atom. The summed E-state index contributed by atoms with van der Waals surface area (Å²) in [4.78, 5) is 2.33. The number of aliphatic hydroxyl groups excluding tert-OH is 1. The van der Waals surface area contributed by atoms with Crippen LogP contribution in [-0.4, -0.2) is 55.5 Å². The average molecular weight is 292 g/mol. The fourth-order valence-electron chi connectivity index (χ4n) is 2.93. The number of hydrogen-bond donors (Lipinski definition) is 2. The van der Waals surface area contributed by atoms with E-state index >= 15 is 0 Å². The Bertz CT molecular complexity index is 417. The summed E-state index contributed by atoms with van der Waals surface area (Å²) in [5, 5.41) is 13.4. The molecule has 2 rings (SSSR count). The molecule has 0 saturated carbocycles. The molecule has 1 aromatic rings. The number of benzene rings is 1. The highest BCUT2D eigenvalue weighted by molar-refractivity contribution is 5.25. The maximum Gasteiger partial charge on any atom is 0.0900 e. The van der Waals surface area contributed by atoms with Crippen LogP contribution in [0.25, 0.3) is 0 Å². The number of likely N-dealkylation sites (tertiary alicyclic amines) is 1. The molecule has 0 spiro atoms. The lowest BCUT2D eigenvalue weighted by Crippen LogP contribution is -2.45. The van der Waals surface area contributed by atoms with E-state index in [1.807, 2.05) is 0 Å². The summed E-state index contributed by atoms with van der Waals surface area (Å²) < 4.78 is 4.98. The number of nitrogens with one attached hydrogen (secondary N) is 1. The highest BCUT2D eigenvalue weighted by Crippen LogP contribution is 2.13. The molecular formula is C17H28N2O2. The number of β-amino-alcohol motifs (C(OH)–C–C–N with tert-alkyl or cyclic N) is 1. The maximum atomic E-state index is 9.77. The number of methoxy groups -OCH3 is 1.